The molecule has 0 bridgehead atoms. The molecule has 4 heterocycles. The minimum Gasteiger partial charge on any atom is -0.459 e. The summed E-state index contributed by atoms with van der Waals surface area (Å²) in [6, 6.07) is 7.42. The van der Waals surface area contributed by atoms with Gasteiger partial charge in [-0.15, -0.1) is 21.5 Å². The van der Waals surface area contributed by atoms with Crippen molar-refractivity contribution in [3.05, 3.63) is 41.7 Å². The Balaban J connectivity index is 1.48. The number of furan rings is 1. The number of nitrogens with zero attached hydrogens (tertiary/aromatic N) is 5. The predicted molar refractivity (Wildman–Crippen MR) is 83.9 cm³/mol. The lowest BCUT2D eigenvalue weighted by Crippen LogP contribution is -2.38. The summed E-state index contributed by atoms with van der Waals surface area (Å²) < 4.78 is 5.22. The van der Waals surface area contributed by atoms with Crippen LogP contribution in [0.15, 0.2) is 40.3 Å². The van der Waals surface area contributed by atoms with Gasteiger partial charge in [0.2, 0.25) is 5.82 Å². The Morgan fingerprint density at radius 2 is 2.35 bits per heavy atom. The molecule has 0 spiro atoms. The minimum atomic E-state index is -0.0731. The standard InChI is InChI=1S/C15H15N5O2S/c21-15(12-5-2-8-22-12)19-7-1-4-11(19)10-20-17-14(16-18-20)13-6-3-9-23-13/h2-3,5-6,8-9,11H,1,4,7,10H2/t11-/m1/s1. The first kappa shape index (κ1) is 14.1. The molecule has 0 N–H and O–H groups in total. The molecule has 1 atom stereocenters. The van der Waals surface area contributed by atoms with Crippen LogP contribution in [0.5, 0.6) is 0 Å². The lowest BCUT2D eigenvalue weighted by molar-refractivity contribution is 0.0685. The van der Waals surface area contributed by atoms with Crippen molar-refractivity contribution in [1.82, 2.24) is 25.1 Å². The van der Waals surface area contributed by atoms with Gasteiger partial charge in [0, 0.05) is 6.54 Å². The second-order valence-electron chi connectivity index (χ2n) is 5.42. The molecule has 7 nitrogen and oxygen atoms in total. The summed E-state index contributed by atoms with van der Waals surface area (Å²) in [4.78, 5) is 16.9. The van der Waals surface area contributed by atoms with Gasteiger partial charge in [-0.25, -0.2) is 0 Å². The Morgan fingerprint density at radius 1 is 1.39 bits per heavy atom. The summed E-state index contributed by atoms with van der Waals surface area (Å²) >= 11 is 1.58. The van der Waals surface area contributed by atoms with Crippen LogP contribution in [0.3, 0.4) is 0 Å². The number of rotatable bonds is 4. The molecule has 8 heteroatoms. The van der Waals surface area contributed by atoms with E-state index >= 15 is 0 Å². The van der Waals surface area contributed by atoms with Crippen molar-refractivity contribution in [2.24, 2.45) is 0 Å². The smallest absolute Gasteiger partial charge is 0.289 e. The quantitative estimate of drug-likeness (QED) is 0.734. The third-order valence-corrected chi connectivity index (χ3v) is 4.80. The maximum absolute atomic E-state index is 12.5. The number of thiophene rings is 1. The summed E-state index contributed by atoms with van der Waals surface area (Å²) in [7, 11) is 0. The Morgan fingerprint density at radius 3 is 3.13 bits per heavy atom. The van der Waals surface area contributed by atoms with Crippen LogP contribution in [0.25, 0.3) is 10.7 Å². The Hall–Kier alpha value is -2.48. The normalized spacial score (nSPS) is 17.7. The highest BCUT2D eigenvalue weighted by molar-refractivity contribution is 7.13. The SMILES string of the molecule is O=C(c1ccco1)N1CCC[C@@H]1Cn1nnc(-c2cccs2)n1. The highest BCUT2D eigenvalue weighted by atomic mass is 32.1. The molecule has 1 saturated heterocycles. The molecule has 0 radical (unpaired) electrons. The molecule has 0 aromatic carbocycles. The van der Waals surface area contributed by atoms with Gasteiger partial charge in [0.1, 0.15) is 0 Å². The van der Waals surface area contributed by atoms with Gasteiger partial charge in [-0.1, -0.05) is 6.07 Å². The number of likely N-dealkylation sites (tertiary alicyclic amines) is 1. The maximum Gasteiger partial charge on any atom is 0.289 e. The highest BCUT2D eigenvalue weighted by Gasteiger charge is 2.31. The first-order valence-electron chi connectivity index (χ1n) is 7.47. The summed E-state index contributed by atoms with van der Waals surface area (Å²) in [5.41, 5.74) is 0. The zero-order valence-electron chi connectivity index (χ0n) is 12.3. The van der Waals surface area contributed by atoms with E-state index in [-0.39, 0.29) is 11.9 Å². The van der Waals surface area contributed by atoms with Crippen LogP contribution in [0.2, 0.25) is 0 Å². The average molecular weight is 329 g/mol. The summed E-state index contributed by atoms with van der Waals surface area (Å²) in [5, 5.41) is 14.6. The van der Waals surface area contributed by atoms with E-state index in [9.17, 15) is 4.79 Å². The summed E-state index contributed by atoms with van der Waals surface area (Å²) in [6.07, 6.45) is 3.43. The first-order chi connectivity index (χ1) is 11.3. The topological polar surface area (TPSA) is 77.0 Å². The molecule has 1 amide bonds. The molecule has 3 aromatic heterocycles. The van der Waals surface area contributed by atoms with Gasteiger partial charge >= 0.3 is 0 Å². The van der Waals surface area contributed by atoms with E-state index in [1.54, 1.807) is 28.3 Å². The second kappa shape index (κ2) is 5.96. The van der Waals surface area contributed by atoms with Crippen LogP contribution in [0.4, 0.5) is 0 Å². The minimum absolute atomic E-state index is 0.0676. The number of tetrazole rings is 1. The van der Waals surface area contributed by atoms with Crippen LogP contribution in [-0.4, -0.2) is 43.6 Å². The Kier molecular flexibility index (Phi) is 3.66. The highest BCUT2D eigenvalue weighted by Crippen LogP contribution is 2.23. The van der Waals surface area contributed by atoms with Gasteiger partial charge in [-0.2, -0.15) is 4.80 Å². The number of carbonyl (C=O) groups excluding carboxylic acids is 1. The summed E-state index contributed by atoms with van der Waals surface area (Å²) in [5.74, 6) is 0.931. The molecular formula is C15H15N5O2S. The Bertz CT molecular complexity index is 781. The van der Waals surface area contributed by atoms with E-state index < -0.39 is 0 Å². The van der Waals surface area contributed by atoms with Crippen molar-refractivity contribution in [3.63, 3.8) is 0 Å². The Labute approximate surface area is 136 Å². The van der Waals surface area contributed by atoms with Gasteiger partial charge in [-0.3, -0.25) is 4.79 Å². The van der Waals surface area contributed by atoms with Gasteiger partial charge < -0.3 is 9.32 Å². The third kappa shape index (κ3) is 2.77. The van der Waals surface area contributed by atoms with E-state index in [4.69, 9.17) is 4.42 Å². The molecule has 118 valence electrons. The fourth-order valence-electron chi connectivity index (χ4n) is 2.85. The van der Waals surface area contributed by atoms with Crippen LogP contribution < -0.4 is 0 Å². The van der Waals surface area contributed by atoms with E-state index in [0.717, 1.165) is 24.3 Å². The van der Waals surface area contributed by atoms with Crippen LogP contribution >= 0.6 is 11.3 Å². The fourth-order valence-corrected chi connectivity index (χ4v) is 3.50. The number of hydrogen-bond donors (Lipinski definition) is 0. The largest absolute Gasteiger partial charge is 0.459 e. The molecule has 1 aliphatic rings. The zero-order valence-corrected chi connectivity index (χ0v) is 13.1. The van der Waals surface area contributed by atoms with Crippen molar-refractivity contribution >= 4 is 17.2 Å². The molecule has 23 heavy (non-hydrogen) atoms. The van der Waals surface area contributed by atoms with Crippen molar-refractivity contribution in [3.8, 4) is 10.7 Å². The van der Waals surface area contributed by atoms with Crippen molar-refractivity contribution in [2.45, 2.75) is 25.4 Å². The maximum atomic E-state index is 12.5. The van der Waals surface area contributed by atoms with Crippen molar-refractivity contribution in [2.75, 3.05) is 6.54 Å². The van der Waals surface area contributed by atoms with Gasteiger partial charge in [-0.05, 0) is 41.6 Å². The first-order valence-corrected chi connectivity index (χ1v) is 8.35. The monoisotopic (exact) mass is 329 g/mol. The van der Waals surface area contributed by atoms with Crippen LogP contribution in [0.1, 0.15) is 23.4 Å². The van der Waals surface area contributed by atoms with Crippen molar-refractivity contribution < 1.29 is 9.21 Å². The molecule has 0 aliphatic carbocycles. The van der Waals surface area contributed by atoms with Crippen LogP contribution in [-0.2, 0) is 6.54 Å². The molecule has 3 aromatic rings. The fraction of sp³-hybridized carbons (Fsp3) is 0.333. The molecule has 1 aliphatic heterocycles. The lowest BCUT2D eigenvalue weighted by atomic mass is 10.2. The molecular weight excluding hydrogens is 314 g/mol. The average Bonchev–Trinajstić information content (AvgIpc) is 3.33. The van der Waals surface area contributed by atoms with E-state index in [1.165, 1.54) is 6.26 Å². The lowest BCUT2D eigenvalue weighted by Gasteiger charge is -2.22. The third-order valence-electron chi connectivity index (χ3n) is 3.94. The second-order valence-corrected chi connectivity index (χ2v) is 6.36. The van der Waals surface area contributed by atoms with Crippen LogP contribution in [0, 0.1) is 0 Å². The van der Waals surface area contributed by atoms with E-state index in [0.29, 0.717) is 18.1 Å². The molecule has 0 unspecified atom stereocenters. The molecule has 0 saturated carbocycles. The van der Waals surface area contributed by atoms with E-state index in [2.05, 4.69) is 15.4 Å². The predicted octanol–water partition coefficient (Wildman–Crippen LogP) is 2.30. The van der Waals surface area contributed by atoms with Gasteiger partial charge in [0.15, 0.2) is 5.76 Å². The summed E-state index contributed by atoms with van der Waals surface area (Å²) in [6.45, 7) is 1.28. The van der Waals surface area contributed by atoms with Crippen molar-refractivity contribution in [1.29, 1.82) is 0 Å². The number of amides is 1. The number of hydrogen-bond acceptors (Lipinski definition) is 6. The number of aromatic nitrogens is 4. The van der Waals surface area contributed by atoms with E-state index in [1.807, 2.05) is 22.4 Å². The number of carbonyl (C=O) groups is 1. The zero-order chi connectivity index (χ0) is 15.6. The van der Waals surface area contributed by atoms with Gasteiger partial charge in [0.25, 0.3) is 5.91 Å². The van der Waals surface area contributed by atoms with Gasteiger partial charge in [0.05, 0.1) is 23.7 Å². The molecule has 4 rings (SSSR count). The molecule has 1 fully saturated rings.